The van der Waals surface area contributed by atoms with Gasteiger partial charge in [-0.1, -0.05) is 11.6 Å². The number of nitrogens with zero attached hydrogens (tertiary/aromatic N) is 6. The van der Waals surface area contributed by atoms with Crippen molar-refractivity contribution in [1.29, 1.82) is 0 Å². The van der Waals surface area contributed by atoms with E-state index in [4.69, 9.17) is 36.8 Å². The molecule has 2 fully saturated rings. The molecule has 142 valence electrons. The largest absolute Gasteiger partial charge is 0.378 e. The Bertz CT molecular complexity index is 875. The lowest BCUT2D eigenvalue weighted by atomic mass is 10.1. The number of hydrogen-bond acceptors (Lipinski definition) is 9. The molecule has 5 rings (SSSR count). The Balaban J connectivity index is 1.65. The van der Waals surface area contributed by atoms with Crippen LogP contribution in [0, 0.1) is 0 Å². The predicted octanol–water partition coefficient (Wildman–Crippen LogP) is 0.767. The maximum Gasteiger partial charge on any atom is 0.228 e. The van der Waals surface area contributed by atoms with Crippen molar-refractivity contribution in [2.45, 2.75) is 12.5 Å². The monoisotopic (exact) mass is 389 g/mol. The Hall–Kier alpha value is -2.23. The summed E-state index contributed by atoms with van der Waals surface area (Å²) >= 11 is 6.39. The van der Waals surface area contributed by atoms with Crippen LogP contribution in [0.5, 0.6) is 0 Å². The molecule has 5 heterocycles. The minimum absolute atomic E-state index is 0.147. The summed E-state index contributed by atoms with van der Waals surface area (Å²) in [7, 11) is 0. The molecule has 0 spiro atoms. The Labute approximate surface area is 161 Å². The molecule has 0 saturated carbocycles. The quantitative estimate of drug-likeness (QED) is 0.746. The standard InChI is InChI=1S/C17H20ClN7O2/c18-14-12(8-20-16(19)22-14)13-11-7-10-9-27-6-3-25(10)15(11)23-17(21-13)24-1-4-26-5-2-24/h8,10H,1-7,9H2,(H2,19,20,22)/t10-/m0/s1. The van der Waals surface area contributed by atoms with Crippen molar-refractivity contribution in [3.05, 3.63) is 16.9 Å². The molecule has 2 aromatic heterocycles. The lowest BCUT2D eigenvalue weighted by molar-refractivity contribution is 0.0974. The Morgan fingerprint density at radius 3 is 2.70 bits per heavy atom. The highest BCUT2D eigenvalue weighted by atomic mass is 35.5. The second kappa shape index (κ2) is 6.74. The fraction of sp³-hybridized carbons (Fsp3) is 0.529. The highest BCUT2D eigenvalue weighted by molar-refractivity contribution is 6.32. The summed E-state index contributed by atoms with van der Waals surface area (Å²) in [5.41, 5.74) is 8.20. The van der Waals surface area contributed by atoms with Crippen LogP contribution in [-0.4, -0.2) is 72.0 Å². The minimum Gasteiger partial charge on any atom is -0.378 e. The first-order chi connectivity index (χ1) is 13.2. The lowest BCUT2D eigenvalue weighted by Crippen LogP contribution is -2.43. The van der Waals surface area contributed by atoms with E-state index in [1.165, 1.54) is 0 Å². The molecule has 0 radical (unpaired) electrons. The Morgan fingerprint density at radius 2 is 1.89 bits per heavy atom. The van der Waals surface area contributed by atoms with Gasteiger partial charge in [0.25, 0.3) is 0 Å². The topological polar surface area (TPSA) is 103 Å². The van der Waals surface area contributed by atoms with Gasteiger partial charge in [-0.15, -0.1) is 0 Å². The summed E-state index contributed by atoms with van der Waals surface area (Å²) in [6.07, 6.45) is 2.46. The number of aromatic nitrogens is 4. The molecule has 0 aromatic carbocycles. The number of morpholine rings is 2. The highest BCUT2D eigenvalue weighted by Crippen LogP contribution is 2.40. The molecule has 0 amide bonds. The van der Waals surface area contributed by atoms with Crippen LogP contribution in [0.15, 0.2) is 6.20 Å². The van der Waals surface area contributed by atoms with Crippen LogP contribution in [0.2, 0.25) is 5.15 Å². The first-order valence-electron chi connectivity index (χ1n) is 9.07. The van der Waals surface area contributed by atoms with Gasteiger partial charge in [0.15, 0.2) is 0 Å². The molecule has 0 unspecified atom stereocenters. The van der Waals surface area contributed by atoms with Crippen molar-refractivity contribution in [2.75, 3.05) is 61.6 Å². The molecule has 2 aromatic rings. The van der Waals surface area contributed by atoms with E-state index in [1.807, 2.05) is 0 Å². The molecular weight excluding hydrogens is 370 g/mol. The van der Waals surface area contributed by atoms with Gasteiger partial charge in [0.2, 0.25) is 11.9 Å². The van der Waals surface area contributed by atoms with Crippen LogP contribution in [0.4, 0.5) is 17.7 Å². The average molecular weight is 390 g/mol. The molecule has 0 aliphatic carbocycles. The number of halogens is 1. The van der Waals surface area contributed by atoms with Crippen molar-refractivity contribution in [2.24, 2.45) is 0 Å². The van der Waals surface area contributed by atoms with E-state index in [0.717, 1.165) is 43.1 Å². The molecule has 10 heteroatoms. The predicted molar refractivity (Wildman–Crippen MR) is 101 cm³/mol. The fourth-order valence-corrected chi connectivity index (χ4v) is 4.11. The summed E-state index contributed by atoms with van der Waals surface area (Å²) in [5.74, 6) is 1.79. The summed E-state index contributed by atoms with van der Waals surface area (Å²) < 4.78 is 11.1. The number of nitrogen functional groups attached to an aromatic ring is 1. The van der Waals surface area contributed by atoms with Crippen LogP contribution in [0.25, 0.3) is 11.3 Å². The maximum atomic E-state index is 6.39. The van der Waals surface area contributed by atoms with Crippen molar-refractivity contribution >= 4 is 29.3 Å². The first kappa shape index (κ1) is 16.9. The van der Waals surface area contributed by atoms with E-state index < -0.39 is 0 Å². The van der Waals surface area contributed by atoms with Crippen LogP contribution < -0.4 is 15.5 Å². The van der Waals surface area contributed by atoms with E-state index in [9.17, 15) is 0 Å². The van der Waals surface area contributed by atoms with Gasteiger partial charge < -0.3 is 25.0 Å². The molecule has 3 aliphatic rings. The number of rotatable bonds is 2. The molecule has 27 heavy (non-hydrogen) atoms. The third-order valence-electron chi connectivity index (χ3n) is 5.22. The fourth-order valence-electron chi connectivity index (χ4n) is 3.88. The van der Waals surface area contributed by atoms with E-state index in [-0.39, 0.29) is 12.0 Å². The number of fused-ring (bicyclic) bond motifs is 3. The average Bonchev–Trinajstić information content (AvgIpc) is 3.07. The molecule has 2 saturated heterocycles. The van der Waals surface area contributed by atoms with Crippen molar-refractivity contribution in [1.82, 2.24) is 19.9 Å². The van der Waals surface area contributed by atoms with Gasteiger partial charge in [-0.05, 0) is 0 Å². The van der Waals surface area contributed by atoms with E-state index in [0.29, 0.717) is 43.1 Å². The summed E-state index contributed by atoms with van der Waals surface area (Å²) in [5, 5.41) is 0.303. The summed E-state index contributed by atoms with van der Waals surface area (Å²) in [4.78, 5) is 22.5. The van der Waals surface area contributed by atoms with Crippen molar-refractivity contribution in [3.63, 3.8) is 0 Å². The van der Waals surface area contributed by atoms with E-state index in [1.54, 1.807) is 6.20 Å². The maximum absolute atomic E-state index is 6.39. The first-order valence-corrected chi connectivity index (χ1v) is 9.45. The van der Waals surface area contributed by atoms with Gasteiger partial charge in [0.05, 0.1) is 43.7 Å². The minimum atomic E-state index is 0.147. The van der Waals surface area contributed by atoms with E-state index in [2.05, 4.69) is 19.8 Å². The van der Waals surface area contributed by atoms with Gasteiger partial charge in [-0.3, -0.25) is 0 Å². The molecule has 2 N–H and O–H groups in total. The Kier molecular flexibility index (Phi) is 4.22. The van der Waals surface area contributed by atoms with Gasteiger partial charge >= 0.3 is 0 Å². The second-order valence-electron chi connectivity index (χ2n) is 6.83. The van der Waals surface area contributed by atoms with Crippen molar-refractivity contribution in [3.8, 4) is 11.3 Å². The number of ether oxygens (including phenoxy) is 2. The molecule has 3 aliphatic heterocycles. The highest BCUT2D eigenvalue weighted by Gasteiger charge is 2.37. The lowest BCUT2D eigenvalue weighted by Gasteiger charge is -2.32. The van der Waals surface area contributed by atoms with E-state index >= 15 is 0 Å². The zero-order valence-electron chi connectivity index (χ0n) is 14.8. The zero-order chi connectivity index (χ0) is 18.4. The normalized spacial score (nSPS) is 21.9. The van der Waals surface area contributed by atoms with Gasteiger partial charge in [-0.2, -0.15) is 4.98 Å². The number of anilines is 3. The van der Waals surface area contributed by atoms with Crippen LogP contribution in [0.1, 0.15) is 5.56 Å². The third-order valence-corrected chi connectivity index (χ3v) is 5.51. The molecular formula is C17H20ClN7O2. The second-order valence-corrected chi connectivity index (χ2v) is 7.19. The smallest absolute Gasteiger partial charge is 0.228 e. The van der Waals surface area contributed by atoms with Crippen molar-refractivity contribution < 1.29 is 9.47 Å². The summed E-state index contributed by atoms with van der Waals surface area (Å²) in [6.45, 7) is 5.07. The number of nitrogens with two attached hydrogens (primary N) is 1. The third kappa shape index (κ3) is 2.95. The Morgan fingerprint density at radius 1 is 1.07 bits per heavy atom. The zero-order valence-corrected chi connectivity index (χ0v) is 15.5. The SMILES string of the molecule is Nc1ncc(-c2nc(N3CCOCC3)nc3c2C[C@H]2COCCN32)c(Cl)n1. The molecule has 1 atom stereocenters. The van der Waals surface area contributed by atoms with Crippen LogP contribution in [0.3, 0.4) is 0 Å². The van der Waals surface area contributed by atoms with Gasteiger partial charge in [0.1, 0.15) is 11.0 Å². The van der Waals surface area contributed by atoms with Gasteiger partial charge in [-0.25, -0.2) is 15.0 Å². The van der Waals surface area contributed by atoms with Crippen LogP contribution >= 0.6 is 11.6 Å². The molecule has 9 nitrogen and oxygen atoms in total. The summed E-state index contributed by atoms with van der Waals surface area (Å²) in [6, 6.07) is 0.273. The molecule has 0 bridgehead atoms. The van der Waals surface area contributed by atoms with Crippen LogP contribution in [-0.2, 0) is 15.9 Å². The number of hydrogen-bond donors (Lipinski definition) is 1. The van der Waals surface area contributed by atoms with Gasteiger partial charge in [0, 0.05) is 37.8 Å².